The van der Waals surface area contributed by atoms with Gasteiger partial charge >= 0.3 is 0 Å². The Balaban J connectivity index is 0.988. The van der Waals surface area contributed by atoms with E-state index in [1.54, 1.807) is 0 Å². The van der Waals surface area contributed by atoms with Gasteiger partial charge in [-0.25, -0.2) is 0 Å². The summed E-state index contributed by atoms with van der Waals surface area (Å²) in [6, 6.07) is 79.5. The number of aromatic nitrogens is 2. The van der Waals surface area contributed by atoms with E-state index in [0.717, 1.165) is 98.9 Å². The molecule has 0 N–H and O–H groups in total. The summed E-state index contributed by atoms with van der Waals surface area (Å²) in [4.78, 5) is 0. The lowest BCUT2D eigenvalue weighted by Crippen LogP contribution is -2.28. The average Bonchev–Trinajstić information content (AvgIpc) is 4.17. The molecule has 4 aromatic heterocycles. The highest BCUT2D eigenvalue weighted by molar-refractivity contribution is 6.29. The average molecular weight is 829 g/mol. The van der Waals surface area contributed by atoms with E-state index in [0.29, 0.717) is 0 Å². The predicted molar refractivity (Wildman–Crippen MR) is 267 cm³/mol. The topological polar surface area (TPSA) is 36.1 Å². The van der Waals surface area contributed by atoms with Crippen LogP contribution in [0.15, 0.2) is 227 Å². The number of fused-ring (bicyclic) bond motifs is 17. The second-order valence-corrected chi connectivity index (χ2v) is 17.5. The Kier molecular flexibility index (Phi) is 6.85. The number of furan rings is 2. The van der Waals surface area contributed by atoms with Crippen molar-refractivity contribution in [2.24, 2.45) is 0 Å². The van der Waals surface area contributed by atoms with Gasteiger partial charge in [0.1, 0.15) is 22.3 Å². The maximum atomic E-state index is 7.33. The summed E-state index contributed by atoms with van der Waals surface area (Å²) >= 11 is 0. The van der Waals surface area contributed by atoms with E-state index >= 15 is 0 Å². The van der Waals surface area contributed by atoms with Crippen molar-refractivity contribution < 1.29 is 8.83 Å². The Bertz CT molecular complexity index is 4260. The lowest BCUT2D eigenvalue weighted by atomic mass is 9.67. The van der Waals surface area contributed by atoms with Gasteiger partial charge < -0.3 is 18.0 Å². The Hall–Kier alpha value is -8.60. The van der Waals surface area contributed by atoms with E-state index in [1.807, 2.05) is 12.1 Å². The van der Waals surface area contributed by atoms with Crippen LogP contribution in [-0.2, 0) is 5.41 Å². The lowest BCUT2D eigenvalue weighted by Gasteiger charge is -2.34. The summed E-state index contributed by atoms with van der Waals surface area (Å²) in [5, 5.41) is 8.98. The van der Waals surface area contributed by atoms with Crippen LogP contribution in [0.3, 0.4) is 0 Å². The number of rotatable bonds is 4. The Morgan fingerprint density at radius 2 is 0.815 bits per heavy atom. The van der Waals surface area contributed by atoms with Gasteiger partial charge in [0.15, 0.2) is 0 Å². The zero-order valence-electron chi connectivity index (χ0n) is 35.0. The Morgan fingerprint density at radius 3 is 1.48 bits per heavy atom. The van der Waals surface area contributed by atoms with Gasteiger partial charge in [-0.3, -0.25) is 0 Å². The summed E-state index contributed by atoms with van der Waals surface area (Å²) in [5.74, 6) is 0. The number of hydrogen-bond donors (Lipinski definition) is 0. The maximum absolute atomic E-state index is 7.33. The quantitative estimate of drug-likeness (QED) is 0.177. The normalized spacial score (nSPS) is 13.4. The third kappa shape index (κ3) is 4.50. The van der Waals surface area contributed by atoms with Crippen LogP contribution in [0.5, 0.6) is 0 Å². The summed E-state index contributed by atoms with van der Waals surface area (Å²) in [6.07, 6.45) is 0. The molecule has 65 heavy (non-hydrogen) atoms. The maximum Gasteiger partial charge on any atom is 0.145 e. The standard InChI is InChI=1S/C61H36N2O2/c1-3-15-37(16-4-1)61(38-17-5-2-6-18-38)49-23-11-7-19-41(49)42-29-27-40(36-50(42)61)63-52-25-13-9-22-47(52)58-54(63)33-31-45-44-30-32-53-57(59(44)65-60(45)58)46-21-8-12-24-51(46)62(53)39-28-34-56-48(35-39)43-20-10-14-26-55(43)64-56/h1-36H. The SMILES string of the molecule is c1ccc(C2(c3ccccc3)c3ccccc3-c3ccc(-n4c5ccccc5c5c6oc7c(ccc8c7c7ccccc7n8-c7ccc8oc9ccccc9c8c7)c6ccc54)cc32)cc1. The molecule has 0 atom stereocenters. The molecule has 0 amide bonds. The van der Waals surface area contributed by atoms with Gasteiger partial charge in [-0.1, -0.05) is 146 Å². The van der Waals surface area contributed by atoms with E-state index in [4.69, 9.17) is 8.83 Å². The molecule has 14 aromatic rings. The van der Waals surface area contributed by atoms with Crippen molar-refractivity contribution in [3.63, 3.8) is 0 Å². The highest BCUT2D eigenvalue weighted by Crippen LogP contribution is 2.57. The van der Waals surface area contributed by atoms with Crippen LogP contribution >= 0.6 is 0 Å². The lowest BCUT2D eigenvalue weighted by molar-refractivity contribution is 0.669. The largest absolute Gasteiger partial charge is 0.456 e. The van der Waals surface area contributed by atoms with Crippen molar-refractivity contribution in [1.29, 1.82) is 0 Å². The molecule has 0 spiro atoms. The molecule has 4 heterocycles. The number of benzene rings is 10. The molecule has 4 heteroatoms. The van der Waals surface area contributed by atoms with E-state index < -0.39 is 5.41 Å². The predicted octanol–water partition coefficient (Wildman–Crippen LogP) is 16.0. The monoisotopic (exact) mass is 828 g/mol. The van der Waals surface area contributed by atoms with Crippen LogP contribution in [0, 0.1) is 0 Å². The van der Waals surface area contributed by atoms with Crippen molar-refractivity contribution in [1.82, 2.24) is 9.13 Å². The van der Waals surface area contributed by atoms with E-state index in [9.17, 15) is 0 Å². The van der Waals surface area contributed by atoms with Gasteiger partial charge in [0.2, 0.25) is 0 Å². The van der Waals surface area contributed by atoms with Crippen LogP contribution in [-0.4, -0.2) is 9.13 Å². The van der Waals surface area contributed by atoms with Crippen molar-refractivity contribution in [2.75, 3.05) is 0 Å². The number of hydrogen-bond acceptors (Lipinski definition) is 2. The van der Waals surface area contributed by atoms with Crippen LogP contribution in [0.4, 0.5) is 0 Å². The van der Waals surface area contributed by atoms with Gasteiger partial charge in [0.25, 0.3) is 0 Å². The first-order valence-corrected chi connectivity index (χ1v) is 22.3. The second-order valence-electron chi connectivity index (χ2n) is 17.5. The van der Waals surface area contributed by atoms with Gasteiger partial charge in [-0.05, 0) is 106 Å². The molecule has 15 rings (SSSR count). The highest BCUT2D eigenvalue weighted by Gasteiger charge is 2.46. The van der Waals surface area contributed by atoms with Gasteiger partial charge in [0.05, 0.1) is 38.3 Å². The second kappa shape index (κ2) is 12.7. The van der Waals surface area contributed by atoms with Crippen molar-refractivity contribution >= 4 is 87.5 Å². The fourth-order valence-corrected chi connectivity index (χ4v) is 11.8. The van der Waals surface area contributed by atoms with Crippen molar-refractivity contribution in [3.05, 3.63) is 241 Å². The molecule has 1 aliphatic carbocycles. The van der Waals surface area contributed by atoms with Crippen LogP contribution in [0.2, 0.25) is 0 Å². The van der Waals surface area contributed by atoms with Crippen LogP contribution in [0.25, 0.3) is 110 Å². The molecule has 0 aliphatic heterocycles. The molecule has 1 aliphatic rings. The zero-order valence-corrected chi connectivity index (χ0v) is 35.0. The first kappa shape index (κ1) is 34.9. The van der Waals surface area contributed by atoms with E-state index in [2.05, 4.69) is 215 Å². The molecule has 10 aromatic carbocycles. The molecule has 0 saturated heterocycles. The minimum Gasteiger partial charge on any atom is -0.456 e. The van der Waals surface area contributed by atoms with Crippen molar-refractivity contribution in [2.45, 2.75) is 5.41 Å². The molecular weight excluding hydrogens is 793 g/mol. The fraction of sp³-hybridized carbons (Fsp3) is 0.0164. The van der Waals surface area contributed by atoms with Crippen LogP contribution < -0.4 is 0 Å². The smallest absolute Gasteiger partial charge is 0.145 e. The molecule has 0 unspecified atom stereocenters. The molecular formula is C61H36N2O2. The first-order valence-electron chi connectivity index (χ1n) is 22.3. The molecule has 0 bridgehead atoms. The van der Waals surface area contributed by atoms with Crippen LogP contribution in [0.1, 0.15) is 22.3 Å². The summed E-state index contributed by atoms with van der Waals surface area (Å²) < 4.78 is 18.4. The van der Waals surface area contributed by atoms with Gasteiger partial charge in [-0.15, -0.1) is 0 Å². The summed E-state index contributed by atoms with van der Waals surface area (Å²) in [5.41, 5.74) is 17.4. The summed E-state index contributed by atoms with van der Waals surface area (Å²) in [7, 11) is 0. The number of para-hydroxylation sites is 3. The summed E-state index contributed by atoms with van der Waals surface area (Å²) in [6.45, 7) is 0. The highest BCUT2D eigenvalue weighted by atomic mass is 16.3. The molecule has 0 radical (unpaired) electrons. The first-order chi connectivity index (χ1) is 32.3. The minimum atomic E-state index is -0.502. The Labute approximate surface area is 372 Å². The molecule has 4 nitrogen and oxygen atoms in total. The fourth-order valence-electron chi connectivity index (χ4n) is 11.8. The third-order valence-electron chi connectivity index (χ3n) is 14.4. The minimum absolute atomic E-state index is 0.502. The third-order valence-corrected chi connectivity index (χ3v) is 14.4. The van der Waals surface area contributed by atoms with Gasteiger partial charge in [0, 0.05) is 43.7 Å². The van der Waals surface area contributed by atoms with Gasteiger partial charge in [-0.2, -0.15) is 0 Å². The molecule has 0 fully saturated rings. The Morgan fingerprint density at radius 1 is 0.308 bits per heavy atom. The zero-order chi connectivity index (χ0) is 42.4. The van der Waals surface area contributed by atoms with E-state index in [1.165, 1.54) is 33.4 Å². The van der Waals surface area contributed by atoms with E-state index in [-0.39, 0.29) is 0 Å². The molecule has 302 valence electrons. The molecule has 0 saturated carbocycles. The number of nitrogens with zero attached hydrogens (tertiary/aromatic N) is 2. The van der Waals surface area contributed by atoms with Crippen molar-refractivity contribution in [3.8, 4) is 22.5 Å².